The summed E-state index contributed by atoms with van der Waals surface area (Å²) in [5.41, 5.74) is 11.7. The number of carboxylic acids is 1. The van der Waals surface area contributed by atoms with Crippen LogP contribution in [0.15, 0.2) is 16.6 Å². The van der Waals surface area contributed by atoms with Gasteiger partial charge in [-0.3, -0.25) is 0 Å². The van der Waals surface area contributed by atoms with Gasteiger partial charge in [0.2, 0.25) is 5.01 Å². The van der Waals surface area contributed by atoms with Gasteiger partial charge in [-0.1, -0.05) is 11.8 Å². The molecule has 2 rings (SSSR count). The Balaban J connectivity index is 2.04. The molecule has 0 aliphatic carbocycles. The molecule has 0 saturated heterocycles. The van der Waals surface area contributed by atoms with E-state index in [4.69, 9.17) is 16.6 Å². The van der Waals surface area contributed by atoms with Crippen LogP contribution < -0.4 is 11.5 Å². The number of hydrogen-bond acceptors (Lipinski definition) is 8. The maximum absolute atomic E-state index is 10.7. The van der Waals surface area contributed by atoms with Gasteiger partial charge in [-0.2, -0.15) is 0 Å². The fourth-order valence-electron chi connectivity index (χ4n) is 1.14. The fraction of sp³-hybridized carbons (Fsp3) is 0.111. The Kier molecular flexibility index (Phi) is 3.63. The Bertz CT molecular complexity index is 566. The minimum atomic E-state index is -1.03. The first-order chi connectivity index (χ1) is 8.54. The maximum Gasteiger partial charge on any atom is 0.365 e. The lowest BCUT2D eigenvalue weighted by molar-refractivity contribution is 0.0696. The maximum atomic E-state index is 10.7. The molecule has 0 unspecified atom stereocenters. The highest BCUT2D eigenvalue weighted by molar-refractivity contribution is 7.98. The van der Waals surface area contributed by atoms with E-state index in [2.05, 4.69) is 15.0 Å². The minimum absolute atomic E-state index is 0.0682. The van der Waals surface area contributed by atoms with Gasteiger partial charge < -0.3 is 16.6 Å². The molecule has 0 bridgehead atoms. The highest BCUT2D eigenvalue weighted by Gasteiger charge is 2.10. The molecule has 0 radical (unpaired) electrons. The smallest absolute Gasteiger partial charge is 0.365 e. The number of aromatic nitrogens is 3. The Hall–Kier alpha value is -1.87. The third kappa shape index (κ3) is 3.08. The summed E-state index contributed by atoms with van der Waals surface area (Å²) in [5, 5.41) is 10.9. The molecule has 18 heavy (non-hydrogen) atoms. The Morgan fingerprint density at radius 2 is 2.00 bits per heavy atom. The molecular formula is C9H9N5O2S2. The van der Waals surface area contributed by atoms with Gasteiger partial charge in [-0.05, 0) is 0 Å². The Morgan fingerprint density at radius 3 is 2.56 bits per heavy atom. The summed E-state index contributed by atoms with van der Waals surface area (Å²) in [6.07, 6.45) is 0. The van der Waals surface area contributed by atoms with Gasteiger partial charge in [0.05, 0.1) is 5.69 Å². The Labute approximate surface area is 110 Å². The number of anilines is 2. The average molecular weight is 283 g/mol. The van der Waals surface area contributed by atoms with Crippen LogP contribution in [0.2, 0.25) is 0 Å². The minimum Gasteiger partial charge on any atom is -0.476 e. The molecule has 0 spiro atoms. The van der Waals surface area contributed by atoms with Crippen LogP contribution in [0.1, 0.15) is 15.5 Å². The number of nitrogen functional groups attached to an aromatic ring is 2. The van der Waals surface area contributed by atoms with Crippen molar-refractivity contribution in [2.75, 3.05) is 11.5 Å². The number of thiazole rings is 1. The molecule has 9 heteroatoms. The standard InChI is InChI=1S/C9H9N5O2S2/c10-5-1-6(11)14-9(13-5)18-3-4-2-17-7(12-4)8(15)16/h1-2H,3H2,(H,15,16)(H4,10,11,13,14). The molecule has 0 aliphatic rings. The van der Waals surface area contributed by atoms with Crippen molar-refractivity contribution in [3.8, 4) is 0 Å². The largest absolute Gasteiger partial charge is 0.476 e. The summed E-state index contributed by atoms with van der Waals surface area (Å²) in [4.78, 5) is 22.6. The molecule has 0 amide bonds. The van der Waals surface area contributed by atoms with Crippen LogP contribution in [-0.4, -0.2) is 26.0 Å². The highest BCUT2D eigenvalue weighted by Crippen LogP contribution is 2.22. The number of nitrogens with two attached hydrogens (primary N) is 2. The van der Waals surface area contributed by atoms with Crippen molar-refractivity contribution in [3.63, 3.8) is 0 Å². The van der Waals surface area contributed by atoms with Crippen LogP contribution in [0.25, 0.3) is 0 Å². The zero-order valence-corrected chi connectivity index (χ0v) is 10.7. The fourth-order valence-corrected chi connectivity index (χ4v) is 2.66. The molecule has 0 aliphatic heterocycles. The van der Waals surface area contributed by atoms with Crippen LogP contribution >= 0.6 is 23.1 Å². The predicted molar refractivity (Wildman–Crippen MR) is 69.5 cm³/mol. The van der Waals surface area contributed by atoms with Crippen LogP contribution in [0.4, 0.5) is 11.6 Å². The van der Waals surface area contributed by atoms with Gasteiger partial charge in [0.25, 0.3) is 0 Å². The van der Waals surface area contributed by atoms with E-state index in [1.807, 2.05) is 0 Å². The molecule has 2 aromatic heterocycles. The van der Waals surface area contributed by atoms with E-state index in [0.29, 0.717) is 28.2 Å². The first-order valence-electron chi connectivity index (χ1n) is 4.75. The first kappa shape index (κ1) is 12.6. The normalized spacial score (nSPS) is 10.4. The number of thioether (sulfide) groups is 1. The van der Waals surface area contributed by atoms with Gasteiger partial charge in [0, 0.05) is 17.2 Å². The Morgan fingerprint density at radius 1 is 1.33 bits per heavy atom. The van der Waals surface area contributed by atoms with Gasteiger partial charge in [-0.25, -0.2) is 19.7 Å². The van der Waals surface area contributed by atoms with E-state index >= 15 is 0 Å². The number of rotatable bonds is 4. The number of hydrogen-bond donors (Lipinski definition) is 3. The predicted octanol–water partition coefficient (Wildman–Crippen LogP) is 1.09. The molecule has 2 aromatic rings. The number of aromatic carboxylic acids is 1. The van der Waals surface area contributed by atoms with Gasteiger partial charge >= 0.3 is 5.97 Å². The second-order valence-electron chi connectivity index (χ2n) is 3.24. The third-order valence-corrected chi connectivity index (χ3v) is 3.59. The van der Waals surface area contributed by atoms with Crippen molar-refractivity contribution in [2.24, 2.45) is 0 Å². The number of carboxylic acid groups (broad SMARTS) is 1. The molecule has 0 saturated carbocycles. The van der Waals surface area contributed by atoms with Gasteiger partial charge in [-0.15, -0.1) is 11.3 Å². The van der Waals surface area contributed by atoms with Gasteiger partial charge in [0.1, 0.15) is 11.6 Å². The van der Waals surface area contributed by atoms with Crippen LogP contribution in [0.5, 0.6) is 0 Å². The van der Waals surface area contributed by atoms with Gasteiger partial charge in [0.15, 0.2) is 5.16 Å². The zero-order valence-electron chi connectivity index (χ0n) is 9.03. The van der Waals surface area contributed by atoms with Crippen molar-refractivity contribution in [3.05, 3.63) is 22.1 Å². The molecule has 94 valence electrons. The topological polar surface area (TPSA) is 128 Å². The van der Waals surface area contributed by atoms with Crippen LogP contribution in [0.3, 0.4) is 0 Å². The van der Waals surface area contributed by atoms with Crippen LogP contribution in [-0.2, 0) is 5.75 Å². The molecular weight excluding hydrogens is 274 g/mol. The summed E-state index contributed by atoms with van der Waals surface area (Å²) in [6, 6.07) is 1.47. The summed E-state index contributed by atoms with van der Waals surface area (Å²) >= 11 is 2.38. The number of carbonyl (C=O) groups is 1. The second kappa shape index (κ2) is 5.19. The molecule has 0 atom stereocenters. The SMILES string of the molecule is Nc1cc(N)nc(SCc2csc(C(=O)O)n2)n1. The van der Waals surface area contributed by atoms with Crippen molar-refractivity contribution in [1.82, 2.24) is 15.0 Å². The lowest BCUT2D eigenvalue weighted by atomic mass is 10.5. The van der Waals surface area contributed by atoms with Crippen molar-refractivity contribution in [2.45, 2.75) is 10.9 Å². The molecule has 2 heterocycles. The van der Waals surface area contributed by atoms with Crippen LogP contribution in [0, 0.1) is 0 Å². The molecule has 0 fully saturated rings. The van der Waals surface area contributed by atoms with Crippen molar-refractivity contribution >= 4 is 40.7 Å². The van der Waals surface area contributed by atoms with E-state index in [0.717, 1.165) is 11.3 Å². The summed E-state index contributed by atoms with van der Waals surface area (Å²) in [6.45, 7) is 0. The lowest BCUT2D eigenvalue weighted by Crippen LogP contribution is -1.99. The third-order valence-electron chi connectivity index (χ3n) is 1.83. The molecule has 5 N–H and O–H groups in total. The quantitative estimate of drug-likeness (QED) is 0.562. The van der Waals surface area contributed by atoms with E-state index in [1.165, 1.54) is 17.8 Å². The van der Waals surface area contributed by atoms with E-state index in [1.54, 1.807) is 5.38 Å². The summed E-state index contributed by atoms with van der Waals surface area (Å²) < 4.78 is 0. The monoisotopic (exact) mass is 283 g/mol. The van der Waals surface area contributed by atoms with E-state index < -0.39 is 5.97 Å². The van der Waals surface area contributed by atoms with E-state index in [9.17, 15) is 4.79 Å². The first-order valence-corrected chi connectivity index (χ1v) is 6.61. The highest BCUT2D eigenvalue weighted by atomic mass is 32.2. The van der Waals surface area contributed by atoms with Crippen molar-refractivity contribution < 1.29 is 9.90 Å². The zero-order chi connectivity index (χ0) is 13.1. The summed E-state index contributed by atoms with van der Waals surface area (Å²) in [7, 11) is 0. The second-order valence-corrected chi connectivity index (χ2v) is 5.04. The number of nitrogens with zero attached hydrogens (tertiary/aromatic N) is 3. The molecule has 7 nitrogen and oxygen atoms in total. The summed E-state index contributed by atoms with van der Waals surface area (Å²) in [5.74, 6) is 0.0388. The average Bonchev–Trinajstić information content (AvgIpc) is 2.73. The molecule has 0 aromatic carbocycles. The van der Waals surface area contributed by atoms with Crippen molar-refractivity contribution in [1.29, 1.82) is 0 Å². The van der Waals surface area contributed by atoms with E-state index in [-0.39, 0.29) is 5.01 Å². The lowest BCUT2D eigenvalue weighted by Gasteiger charge is -2.00.